The molecule has 0 spiro atoms. The maximum Gasteiger partial charge on any atom is 0.200 e. The smallest absolute Gasteiger partial charge is 0.200 e. The number of para-hydroxylation sites is 1. The van der Waals surface area contributed by atoms with Gasteiger partial charge >= 0.3 is 0 Å². The Morgan fingerprint density at radius 2 is 2.21 bits per heavy atom. The Hall–Kier alpha value is -2.83. The number of aromatic nitrogens is 4. The van der Waals surface area contributed by atoms with Crippen LogP contribution in [-0.4, -0.2) is 40.1 Å². The van der Waals surface area contributed by atoms with Gasteiger partial charge in [-0.3, -0.25) is 0 Å². The highest BCUT2D eigenvalue weighted by atomic mass is 16.5. The second-order valence-corrected chi connectivity index (χ2v) is 5.84. The van der Waals surface area contributed by atoms with E-state index in [2.05, 4.69) is 32.3 Å². The van der Waals surface area contributed by atoms with Crippen molar-refractivity contribution in [2.45, 2.75) is 19.9 Å². The van der Waals surface area contributed by atoms with E-state index in [-0.39, 0.29) is 0 Å². The molecule has 0 aliphatic carbocycles. The number of ether oxygens (including phenoxy) is 2. The predicted octanol–water partition coefficient (Wildman–Crippen LogP) is 2.23. The summed E-state index contributed by atoms with van der Waals surface area (Å²) >= 11 is 0. The van der Waals surface area contributed by atoms with Crippen molar-refractivity contribution in [3.63, 3.8) is 0 Å². The molecule has 0 saturated heterocycles. The van der Waals surface area contributed by atoms with E-state index in [9.17, 15) is 0 Å². The van der Waals surface area contributed by atoms with Crippen LogP contribution in [0.15, 0.2) is 30.6 Å². The maximum atomic E-state index is 5.93. The van der Waals surface area contributed by atoms with Crippen molar-refractivity contribution >= 4 is 11.3 Å². The quantitative estimate of drug-likeness (QED) is 0.720. The fraction of sp³-hybridized carbons (Fsp3) is 0.353. The van der Waals surface area contributed by atoms with Crippen LogP contribution in [0.5, 0.6) is 11.5 Å². The van der Waals surface area contributed by atoms with Gasteiger partial charge in [-0.05, 0) is 25.5 Å². The minimum Gasteiger partial charge on any atom is -0.493 e. The highest BCUT2D eigenvalue weighted by molar-refractivity contribution is 5.68. The van der Waals surface area contributed by atoms with Crippen LogP contribution in [0, 0.1) is 6.92 Å². The summed E-state index contributed by atoms with van der Waals surface area (Å²) in [7, 11) is 1.67. The Morgan fingerprint density at radius 1 is 1.29 bits per heavy atom. The average Bonchev–Trinajstić information content (AvgIpc) is 3.02. The van der Waals surface area contributed by atoms with Gasteiger partial charge in [-0.15, -0.1) is 10.2 Å². The van der Waals surface area contributed by atoms with Gasteiger partial charge in [-0.2, -0.15) is 9.61 Å². The van der Waals surface area contributed by atoms with E-state index in [0.29, 0.717) is 6.61 Å². The Kier molecular flexibility index (Phi) is 3.68. The Bertz CT molecular complexity index is 877. The third-order valence-corrected chi connectivity index (χ3v) is 4.17. The summed E-state index contributed by atoms with van der Waals surface area (Å²) in [6.45, 7) is 4.23. The molecule has 0 atom stereocenters. The van der Waals surface area contributed by atoms with Gasteiger partial charge in [0, 0.05) is 18.7 Å². The molecule has 2 aromatic heterocycles. The molecule has 1 aliphatic rings. The van der Waals surface area contributed by atoms with Crippen molar-refractivity contribution in [2.24, 2.45) is 0 Å². The molecule has 124 valence electrons. The highest BCUT2D eigenvalue weighted by Crippen LogP contribution is 2.34. The number of aryl methyl sites for hydroxylation is 1. The molecule has 4 rings (SSSR count). The monoisotopic (exact) mass is 325 g/mol. The summed E-state index contributed by atoms with van der Waals surface area (Å²) in [4.78, 5) is 2.31. The van der Waals surface area contributed by atoms with Gasteiger partial charge in [0.05, 0.1) is 25.1 Å². The summed E-state index contributed by atoms with van der Waals surface area (Å²) in [6.07, 6.45) is 2.55. The number of fused-ring (bicyclic) bond motifs is 2. The van der Waals surface area contributed by atoms with E-state index < -0.39 is 0 Å². The van der Waals surface area contributed by atoms with Crippen molar-refractivity contribution in [1.29, 1.82) is 0 Å². The van der Waals surface area contributed by atoms with E-state index in [4.69, 9.17) is 9.47 Å². The molecule has 1 aliphatic heterocycles. The summed E-state index contributed by atoms with van der Waals surface area (Å²) in [5.41, 5.74) is 3.84. The molecule has 3 heterocycles. The molecular formula is C17H19N5O2. The van der Waals surface area contributed by atoms with Crippen LogP contribution >= 0.6 is 0 Å². The molecule has 3 aromatic rings. The molecule has 0 N–H and O–H groups in total. The highest BCUT2D eigenvalue weighted by Gasteiger charge is 2.20. The van der Waals surface area contributed by atoms with Crippen molar-refractivity contribution in [1.82, 2.24) is 19.8 Å². The summed E-state index contributed by atoms with van der Waals surface area (Å²) in [6, 6.07) is 8.06. The minimum atomic E-state index is 0.650. The first-order valence-corrected chi connectivity index (χ1v) is 7.97. The zero-order chi connectivity index (χ0) is 16.5. The second-order valence-electron chi connectivity index (χ2n) is 5.84. The summed E-state index contributed by atoms with van der Waals surface area (Å²) in [5.74, 6) is 1.60. The number of benzene rings is 1. The van der Waals surface area contributed by atoms with Gasteiger partial charge in [-0.1, -0.05) is 12.1 Å². The van der Waals surface area contributed by atoms with Crippen LogP contribution in [0.2, 0.25) is 0 Å². The van der Waals surface area contributed by atoms with Crippen LogP contribution in [0.1, 0.15) is 17.7 Å². The molecule has 0 fully saturated rings. The van der Waals surface area contributed by atoms with Crippen molar-refractivity contribution in [3.05, 3.63) is 41.9 Å². The zero-order valence-corrected chi connectivity index (χ0v) is 13.8. The molecule has 0 amide bonds. The van der Waals surface area contributed by atoms with Gasteiger partial charge in [0.25, 0.3) is 0 Å². The number of hydrogen-bond acceptors (Lipinski definition) is 6. The van der Waals surface area contributed by atoms with Crippen molar-refractivity contribution in [3.8, 4) is 11.5 Å². The van der Waals surface area contributed by atoms with Gasteiger partial charge in [0.15, 0.2) is 11.5 Å². The standard InChI is InChI=1S/C17H19N5O2/c1-12-9-14(17-19-18-11-22(17)20-12)21-7-4-8-24-16-13(10-21)5-3-6-15(16)23-2/h3,5-6,9,11H,4,7-8,10H2,1-2H3. The molecule has 0 radical (unpaired) electrons. The van der Waals surface area contributed by atoms with E-state index in [1.165, 1.54) is 0 Å². The molecule has 0 unspecified atom stereocenters. The number of rotatable bonds is 2. The zero-order valence-electron chi connectivity index (χ0n) is 13.8. The van der Waals surface area contributed by atoms with Crippen LogP contribution in [-0.2, 0) is 6.54 Å². The van der Waals surface area contributed by atoms with Gasteiger partial charge < -0.3 is 14.4 Å². The number of nitrogens with zero attached hydrogens (tertiary/aromatic N) is 5. The number of anilines is 1. The Morgan fingerprint density at radius 3 is 3.08 bits per heavy atom. The lowest BCUT2D eigenvalue weighted by atomic mass is 10.1. The second kappa shape index (κ2) is 5.99. The maximum absolute atomic E-state index is 5.93. The van der Waals surface area contributed by atoms with Crippen molar-refractivity contribution in [2.75, 3.05) is 25.2 Å². The molecule has 24 heavy (non-hydrogen) atoms. The van der Waals surface area contributed by atoms with E-state index in [1.54, 1.807) is 18.0 Å². The molecule has 0 saturated carbocycles. The third-order valence-electron chi connectivity index (χ3n) is 4.17. The summed E-state index contributed by atoms with van der Waals surface area (Å²) in [5, 5.41) is 12.6. The fourth-order valence-corrected chi connectivity index (χ4v) is 3.10. The van der Waals surface area contributed by atoms with Crippen LogP contribution in [0.3, 0.4) is 0 Å². The van der Waals surface area contributed by atoms with Gasteiger partial charge in [0.1, 0.15) is 6.33 Å². The first-order valence-electron chi connectivity index (χ1n) is 7.97. The lowest BCUT2D eigenvalue weighted by Crippen LogP contribution is -2.28. The Balaban J connectivity index is 1.79. The normalized spacial score (nSPS) is 14.7. The van der Waals surface area contributed by atoms with Crippen molar-refractivity contribution < 1.29 is 9.47 Å². The first kappa shape index (κ1) is 14.7. The molecule has 7 heteroatoms. The lowest BCUT2D eigenvalue weighted by molar-refractivity contribution is 0.281. The van der Waals surface area contributed by atoms with Gasteiger partial charge in [0.2, 0.25) is 5.65 Å². The van der Waals surface area contributed by atoms with E-state index in [1.807, 2.05) is 19.1 Å². The number of hydrogen-bond donors (Lipinski definition) is 0. The topological polar surface area (TPSA) is 64.8 Å². The first-order chi connectivity index (χ1) is 11.8. The largest absolute Gasteiger partial charge is 0.493 e. The molecule has 1 aromatic carbocycles. The van der Waals surface area contributed by atoms with Crippen LogP contribution < -0.4 is 14.4 Å². The average molecular weight is 325 g/mol. The predicted molar refractivity (Wildman–Crippen MR) is 89.7 cm³/mol. The fourth-order valence-electron chi connectivity index (χ4n) is 3.10. The third kappa shape index (κ3) is 2.51. The molecular weight excluding hydrogens is 306 g/mol. The van der Waals surface area contributed by atoms with Gasteiger partial charge in [-0.25, -0.2) is 0 Å². The molecule has 0 bridgehead atoms. The summed E-state index contributed by atoms with van der Waals surface area (Å²) < 4.78 is 13.1. The van der Waals surface area contributed by atoms with Crippen LogP contribution in [0.4, 0.5) is 5.69 Å². The van der Waals surface area contributed by atoms with E-state index in [0.717, 1.165) is 53.6 Å². The Labute approximate surface area is 139 Å². The number of methoxy groups -OCH3 is 1. The van der Waals surface area contributed by atoms with Crippen LogP contribution in [0.25, 0.3) is 5.65 Å². The SMILES string of the molecule is COc1cccc2c1OCCCN(c1cc(C)nn3cnnc13)C2. The minimum absolute atomic E-state index is 0.650. The van der Waals surface area contributed by atoms with E-state index >= 15 is 0 Å². The molecule has 7 nitrogen and oxygen atoms in total. The lowest BCUT2D eigenvalue weighted by Gasteiger charge is -2.29.